The Morgan fingerprint density at radius 3 is 2.52 bits per heavy atom. The van der Waals surface area contributed by atoms with E-state index in [4.69, 9.17) is 9.47 Å². The summed E-state index contributed by atoms with van der Waals surface area (Å²) >= 11 is 1.44. The van der Waals surface area contributed by atoms with Crippen molar-refractivity contribution in [1.29, 1.82) is 0 Å². The maximum atomic E-state index is 12.9. The van der Waals surface area contributed by atoms with Gasteiger partial charge in [0.2, 0.25) is 0 Å². The van der Waals surface area contributed by atoms with Gasteiger partial charge in [-0.2, -0.15) is 0 Å². The number of hydrogen-bond acceptors (Lipinski definition) is 7. The quantitative estimate of drug-likeness (QED) is 0.368. The monoisotopic (exact) mass is 464 g/mol. The van der Waals surface area contributed by atoms with Crippen LogP contribution in [0.3, 0.4) is 0 Å². The van der Waals surface area contributed by atoms with Crippen LogP contribution in [0.2, 0.25) is 0 Å². The summed E-state index contributed by atoms with van der Waals surface area (Å²) in [6.07, 6.45) is 3.77. The highest BCUT2D eigenvalue weighted by Crippen LogP contribution is 2.31. The van der Waals surface area contributed by atoms with Crippen LogP contribution in [0.25, 0.3) is 0 Å². The average molecular weight is 465 g/mol. The molecule has 0 N–H and O–H groups in total. The number of ketones is 1. The van der Waals surface area contributed by atoms with E-state index in [9.17, 15) is 4.79 Å². The molecule has 33 heavy (non-hydrogen) atoms. The molecular weight excluding hydrogens is 436 g/mol. The van der Waals surface area contributed by atoms with Crippen LogP contribution in [0.1, 0.15) is 41.0 Å². The van der Waals surface area contributed by atoms with Crippen molar-refractivity contribution >= 4 is 17.5 Å². The number of fused-ring (bicyclic) bond motifs is 1. The van der Waals surface area contributed by atoms with Gasteiger partial charge in [-0.25, -0.2) is 0 Å². The van der Waals surface area contributed by atoms with Crippen LogP contribution in [0.15, 0.2) is 53.7 Å². The van der Waals surface area contributed by atoms with Gasteiger partial charge in [0.05, 0.1) is 18.8 Å². The van der Waals surface area contributed by atoms with Crippen molar-refractivity contribution in [3.63, 3.8) is 0 Å². The van der Waals surface area contributed by atoms with Gasteiger partial charge in [-0.1, -0.05) is 48.5 Å². The fraction of sp³-hybridized carbons (Fsp3) is 0.400. The third-order valence-corrected chi connectivity index (χ3v) is 6.95. The van der Waals surface area contributed by atoms with E-state index in [0.717, 1.165) is 30.6 Å². The van der Waals surface area contributed by atoms with E-state index in [1.165, 1.54) is 36.6 Å². The van der Waals surface area contributed by atoms with Gasteiger partial charge in [0, 0.05) is 5.56 Å². The Morgan fingerprint density at radius 2 is 1.70 bits per heavy atom. The second-order valence-corrected chi connectivity index (χ2v) is 9.32. The van der Waals surface area contributed by atoms with Crippen molar-refractivity contribution in [2.45, 2.75) is 37.5 Å². The fourth-order valence-corrected chi connectivity index (χ4v) is 5.07. The van der Waals surface area contributed by atoms with E-state index >= 15 is 0 Å². The highest BCUT2D eigenvalue weighted by Gasteiger charge is 2.20. The molecule has 0 aliphatic carbocycles. The van der Waals surface area contributed by atoms with Crippen molar-refractivity contribution in [2.75, 3.05) is 32.1 Å². The molecule has 5 rings (SSSR count). The topological polar surface area (TPSA) is 69.5 Å². The molecule has 0 radical (unpaired) electrons. The number of carbonyl (C=O) groups is 1. The van der Waals surface area contributed by atoms with Crippen LogP contribution in [0.4, 0.5) is 0 Å². The molecule has 3 aromatic rings. The molecule has 1 aromatic heterocycles. The van der Waals surface area contributed by atoms with Crippen LogP contribution < -0.4 is 9.47 Å². The second kappa shape index (κ2) is 10.4. The van der Waals surface area contributed by atoms with Crippen LogP contribution in [-0.2, 0) is 13.1 Å². The van der Waals surface area contributed by atoms with Crippen molar-refractivity contribution < 1.29 is 14.3 Å². The highest BCUT2D eigenvalue weighted by molar-refractivity contribution is 7.99. The van der Waals surface area contributed by atoms with Crippen LogP contribution in [0, 0.1) is 0 Å². The Balaban J connectivity index is 1.31. The molecule has 7 nitrogen and oxygen atoms in total. The van der Waals surface area contributed by atoms with Crippen LogP contribution in [0.5, 0.6) is 11.5 Å². The summed E-state index contributed by atoms with van der Waals surface area (Å²) in [5, 5.41) is 9.76. The lowest BCUT2D eigenvalue weighted by Crippen LogP contribution is -2.30. The minimum absolute atomic E-state index is 0.0313. The normalized spacial score (nSPS) is 16.0. The summed E-state index contributed by atoms with van der Waals surface area (Å²) in [5.74, 6) is 2.60. The lowest BCUT2D eigenvalue weighted by atomic mass is 10.1. The molecule has 1 fully saturated rings. The highest BCUT2D eigenvalue weighted by atomic mass is 32.2. The predicted octanol–water partition coefficient (Wildman–Crippen LogP) is 4.06. The number of Topliss-reactive ketones (excluding diaryl/α,β-unsaturated/α-hetero) is 1. The van der Waals surface area contributed by atoms with Gasteiger partial charge in [-0.05, 0) is 49.7 Å². The first-order chi connectivity index (χ1) is 16.3. The van der Waals surface area contributed by atoms with Crippen molar-refractivity contribution in [1.82, 2.24) is 19.7 Å². The van der Waals surface area contributed by atoms with E-state index in [0.29, 0.717) is 36.8 Å². The van der Waals surface area contributed by atoms with Gasteiger partial charge < -0.3 is 14.0 Å². The van der Waals surface area contributed by atoms with Gasteiger partial charge in [0.1, 0.15) is 19.0 Å². The zero-order valence-corrected chi connectivity index (χ0v) is 19.4. The molecule has 2 aromatic carbocycles. The van der Waals surface area contributed by atoms with Gasteiger partial charge in [-0.3, -0.25) is 9.69 Å². The summed E-state index contributed by atoms with van der Waals surface area (Å²) in [5.41, 5.74) is 1.81. The second-order valence-electron chi connectivity index (χ2n) is 8.38. The number of nitrogens with zero attached hydrogens (tertiary/aromatic N) is 4. The Bertz CT molecular complexity index is 1100. The number of rotatable bonds is 8. The Labute approximate surface area is 198 Å². The average Bonchev–Trinajstić information content (AvgIpc) is 3.24. The lowest BCUT2D eigenvalue weighted by molar-refractivity contribution is 0.102. The molecule has 0 amide bonds. The summed E-state index contributed by atoms with van der Waals surface area (Å²) in [7, 11) is 0. The molecule has 172 valence electrons. The standard InChI is InChI=1S/C25H28N4O3S/c30-21(20-9-10-22-23(15-20)32-14-13-31-22)18-33-25-27-26-24(17-28-11-5-2-6-12-28)29(25)16-19-7-3-1-4-8-19/h1,3-4,7-10,15H,2,5-6,11-14,16-18H2. The molecule has 0 spiro atoms. The third-order valence-electron chi connectivity index (χ3n) is 5.99. The van der Waals surface area contributed by atoms with E-state index in [1.807, 2.05) is 18.2 Å². The van der Waals surface area contributed by atoms with E-state index in [2.05, 4.69) is 31.8 Å². The predicted molar refractivity (Wildman–Crippen MR) is 127 cm³/mol. The number of carbonyl (C=O) groups excluding carboxylic acids is 1. The fourth-order valence-electron chi connectivity index (χ4n) is 4.22. The van der Waals surface area contributed by atoms with Gasteiger partial charge in [0.25, 0.3) is 0 Å². The Morgan fingerprint density at radius 1 is 0.909 bits per heavy atom. The lowest BCUT2D eigenvalue weighted by Gasteiger charge is -2.26. The van der Waals surface area contributed by atoms with Gasteiger partial charge in [-0.15, -0.1) is 10.2 Å². The molecule has 0 atom stereocenters. The molecule has 2 aliphatic rings. The smallest absolute Gasteiger partial charge is 0.192 e. The number of piperidine rings is 1. The summed E-state index contributed by atoms with van der Waals surface area (Å²) in [6.45, 7) is 4.72. The Kier molecular flexibility index (Phi) is 6.92. The molecule has 0 bridgehead atoms. The maximum absolute atomic E-state index is 12.9. The van der Waals surface area contributed by atoms with E-state index < -0.39 is 0 Å². The van der Waals surface area contributed by atoms with E-state index in [1.54, 1.807) is 18.2 Å². The minimum atomic E-state index is 0.0313. The van der Waals surface area contributed by atoms with Crippen molar-refractivity contribution in [2.24, 2.45) is 0 Å². The number of aromatic nitrogens is 3. The number of benzene rings is 2. The minimum Gasteiger partial charge on any atom is -0.486 e. The first kappa shape index (κ1) is 22.0. The third kappa shape index (κ3) is 5.39. The van der Waals surface area contributed by atoms with Gasteiger partial charge >= 0.3 is 0 Å². The zero-order chi connectivity index (χ0) is 22.5. The zero-order valence-electron chi connectivity index (χ0n) is 18.6. The molecular formula is C25H28N4O3S. The molecule has 0 saturated carbocycles. The summed E-state index contributed by atoms with van der Waals surface area (Å²) in [4.78, 5) is 15.4. The number of likely N-dealkylation sites (tertiary alicyclic amines) is 1. The number of ether oxygens (including phenoxy) is 2. The Hall–Kier alpha value is -2.84. The van der Waals surface area contributed by atoms with Crippen LogP contribution >= 0.6 is 11.8 Å². The molecule has 0 unspecified atom stereocenters. The molecule has 8 heteroatoms. The largest absolute Gasteiger partial charge is 0.486 e. The van der Waals surface area contributed by atoms with Crippen molar-refractivity contribution in [3.8, 4) is 11.5 Å². The molecule has 1 saturated heterocycles. The number of thioether (sulfide) groups is 1. The first-order valence-electron chi connectivity index (χ1n) is 11.5. The van der Waals surface area contributed by atoms with Crippen molar-refractivity contribution in [3.05, 3.63) is 65.5 Å². The SMILES string of the molecule is O=C(CSc1nnc(CN2CCCCC2)n1Cc1ccccc1)c1ccc2c(c1)OCCO2. The maximum Gasteiger partial charge on any atom is 0.192 e. The van der Waals surface area contributed by atoms with E-state index in [-0.39, 0.29) is 11.5 Å². The van der Waals surface area contributed by atoms with Crippen LogP contribution in [-0.4, -0.2) is 57.5 Å². The first-order valence-corrected chi connectivity index (χ1v) is 12.5. The molecule has 2 aliphatic heterocycles. The van der Waals surface area contributed by atoms with Gasteiger partial charge in [0.15, 0.2) is 22.4 Å². The number of hydrogen-bond donors (Lipinski definition) is 0. The summed E-state index contributed by atoms with van der Waals surface area (Å²) in [6, 6.07) is 15.7. The summed E-state index contributed by atoms with van der Waals surface area (Å²) < 4.78 is 13.3. The molecule has 3 heterocycles.